The number of carbonyl (C=O) groups excluding carboxylic acids is 1. The van der Waals surface area contributed by atoms with Crippen LogP contribution < -0.4 is 0 Å². The summed E-state index contributed by atoms with van der Waals surface area (Å²) in [5.41, 5.74) is -0.860. The molecule has 0 radical (unpaired) electrons. The number of rotatable bonds is 2. The molecule has 0 fully saturated rings. The maximum Gasteiger partial charge on any atom is 0.281 e. The van der Waals surface area contributed by atoms with Crippen molar-refractivity contribution < 1.29 is 13.6 Å². The number of carbonyl (C=O) groups is 1. The Bertz CT molecular complexity index is 383. The Balaban J connectivity index is 3.31. The summed E-state index contributed by atoms with van der Waals surface area (Å²) < 4.78 is 24.4. The third-order valence-electron chi connectivity index (χ3n) is 1.38. The van der Waals surface area contributed by atoms with Gasteiger partial charge in [0, 0.05) is 0 Å². The Morgan fingerprint density at radius 1 is 1.43 bits per heavy atom. The lowest BCUT2D eigenvalue weighted by molar-refractivity contribution is 0.108. The highest BCUT2D eigenvalue weighted by molar-refractivity contribution is 6.68. The lowest BCUT2D eigenvalue weighted by atomic mass is 10.2. The van der Waals surface area contributed by atoms with E-state index in [-0.39, 0.29) is 15.7 Å². The topological polar surface area (TPSA) is 30.0 Å². The summed E-state index contributed by atoms with van der Waals surface area (Å²) in [5, 5.41) is -1.62. The van der Waals surface area contributed by atoms with Gasteiger partial charge in [0.15, 0.2) is 0 Å². The van der Waals surface area contributed by atoms with Crippen LogP contribution in [0.5, 0.6) is 0 Å². The summed E-state index contributed by atoms with van der Waals surface area (Å²) in [6.07, 6.45) is -2.85. The van der Waals surface area contributed by atoms with Crippen molar-refractivity contribution in [1.82, 2.24) is 4.98 Å². The molecule has 0 bridgehead atoms. The molecule has 1 aromatic heterocycles. The molecule has 0 atom stereocenters. The fourth-order valence-electron chi connectivity index (χ4n) is 0.770. The molecule has 0 aliphatic carbocycles. The van der Waals surface area contributed by atoms with Crippen molar-refractivity contribution in [2.24, 2.45) is 0 Å². The van der Waals surface area contributed by atoms with Gasteiger partial charge < -0.3 is 0 Å². The first-order valence-corrected chi connectivity index (χ1v) is 4.40. The molecule has 7 heteroatoms. The van der Waals surface area contributed by atoms with Crippen LogP contribution in [0, 0.1) is 0 Å². The van der Waals surface area contributed by atoms with Gasteiger partial charge in [0.1, 0.15) is 10.8 Å². The highest BCUT2D eigenvalue weighted by Crippen LogP contribution is 2.29. The Hall–Kier alpha value is -0.450. The lowest BCUT2D eigenvalue weighted by Crippen LogP contribution is -1.99. The van der Waals surface area contributed by atoms with Gasteiger partial charge in [-0.25, -0.2) is 13.8 Å². The molecular formula is C7H2Cl3F2NO. The molecule has 0 saturated carbocycles. The van der Waals surface area contributed by atoms with Crippen LogP contribution in [0.25, 0.3) is 0 Å². The van der Waals surface area contributed by atoms with Crippen LogP contribution in [0.15, 0.2) is 6.07 Å². The minimum atomic E-state index is -2.85. The van der Waals surface area contributed by atoms with Gasteiger partial charge in [-0.2, -0.15) is 0 Å². The SMILES string of the molecule is O=C(Cl)c1cc(Cl)c(C(F)F)nc1Cl. The average molecular weight is 260 g/mol. The van der Waals surface area contributed by atoms with Gasteiger partial charge in [-0.1, -0.05) is 23.2 Å². The van der Waals surface area contributed by atoms with Gasteiger partial charge in [-0.3, -0.25) is 4.79 Å². The van der Waals surface area contributed by atoms with Crippen molar-refractivity contribution in [3.63, 3.8) is 0 Å². The Morgan fingerprint density at radius 3 is 2.43 bits per heavy atom. The van der Waals surface area contributed by atoms with Crippen molar-refractivity contribution in [3.8, 4) is 0 Å². The third-order valence-corrected chi connectivity index (χ3v) is 2.17. The van der Waals surface area contributed by atoms with Crippen molar-refractivity contribution >= 4 is 40.0 Å². The largest absolute Gasteiger partial charge is 0.281 e. The molecule has 0 unspecified atom stereocenters. The van der Waals surface area contributed by atoms with Crippen LogP contribution in [0.4, 0.5) is 8.78 Å². The van der Waals surface area contributed by atoms with E-state index in [9.17, 15) is 13.6 Å². The molecule has 0 aliphatic heterocycles. The number of pyridine rings is 1. The Kier molecular flexibility index (Phi) is 3.64. The molecule has 1 rings (SSSR count). The molecule has 0 spiro atoms. The quantitative estimate of drug-likeness (QED) is 0.599. The second-order valence-electron chi connectivity index (χ2n) is 2.27. The Labute approximate surface area is 92.8 Å². The van der Waals surface area contributed by atoms with Crippen LogP contribution >= 0.6 is 34.8 Å². The van der Waals surface area contributed by atoms with Crippen molar-refractivity contribution in [3.05, 3.63) is 27.5 Å². The summed E-state index contributed by atoms with van der Waals surface area (Å²) in [6, 6.07) is 0.966. The number of aromatic nitrogens is 1. The summed E-state index contributed by atoms with van der Waals surface area (Å²) in [5.74, 6) is 0. The zero-order chi connectivity index (χ0) is 10.9. The number of hydrogen-bond donors (Lipinski definition) is 0. The van der Waals surface area contributed by atoms with E-state index in [1.54, 1.807) is 0 Å². The first-order valence-electron chi connectivity index (χ1n) is 3.27. The summed E-state index contributed by atoms with van der Waals surface area (Å²) in [7, 11) is 0. The minimum absolute atomic E-state index is 0.192. The van der Waals surface area contributed by atoms with E-state index < -0.39 is 17.4 Å². The number of hydrogen-bond acceptors (Lipinski definition) is 2. The van der Waals surface area contributed by atoms with Gasteiger partial charge in [-0.05, 0) is 17.7 Å². The maximum absolute atomic E-state index is 12.2. The van der Waals surface area contributed by atoms with E-state index in [1.165, 1.54) is 0 Å². The second kappa shape index (κ2) is 4.38. The minimum Gasteiger partial charge on any atom is -0.275 e. The maximum atomic E-state index is 12.2. The van der Waals surface area contributed by atoms with Crippen LogP contribution in [0.1, 0.15) is 22.5 Å². The highest BCUT2D eigenvalue weighted by atomic mass is 35.5. The Morgan fingerprint density at radius 2 is 2.00 bits per heavy atom. The van der Waals surface area contributed by atoms with Gasteiger partial charge in [-0.15, -0.1) is 0 Å². The van der Waals surface area contributed by atoms with Gasteiger partial charge in [0.05, 0.1) is 10.6 Å². The molecule has 1 heterocycles. The standard InChI is InChI=1S/C7H2Cl3F2NO/c8-3-1-2(6(10)14)5(9)13-4(3)7(11)12/h1,7H. The van der Waals surface area contributed by atoms with Crippen LogP contribution in [0.2, 0.25) is 10.2 Å². The molecule has 0 aromatic carbocycles. The number of alkyl halides is 2. The van der Waals surface area contributed by atoms with E-state index in [2.05, 4.69) is 4.98 Å². The summed E-state index contributed by atoms with van der Waals surface area (Å²) >= 11 is 16.0. The summed E-state index contributed by atoms with van der Waals surface area (Å²) in [4.78, 5) is 14.0. The van der Waals surface area contributed by atoms with Gasteiger partial charge >= 0.3 is 0 Å². The molecule has 2 nitrogen and oxygen atoms in total. The van der Waals surface area contributed by atoms with E-state index in [4.69, 9.17) is 34.8 Å². The zero-order valence-electron chi connectivity index (χ0n) is 6.40. The fraction of sp³-hybridized carbons (Fsp3) is 0.143. The van der Waals surface area contributed by atoms with Crippen LogP contribution in [-0.4, -0.2) is 10.2 Å². The monoisotopic (exact) mass is 259 g/mol. The normalized spacial score (nSPS) is 10.7. The second-order valence-corrected chi connectivity index (χ2v) is 3.38. The predicted octanol–water partition coefficient (Wildman–Crippen LogP) is 3.71. The molecule has 0 aliphatic rings. The first-order chi connectivity index (χ1) is 6.43. The van der Waals surface area contributed by atoms with E-state index in [0.29, 0.717) is 0 Å². The van der Waals surface area contributed by atoms with Gasteiger partial charge in [0.2, 0.25) is 0 Å². The number of halogens is 5. The van der Waals surface area contributed by atoms with E-state index >= 15 is 0 Å². The average Bonchev–Trinajstić information content (AvgIpc) is 2.07. The molecule has 1 aromatic rings. The summed E-state index contributed by atoms with van der Waals surface area (Å²) in [6.45, 7) is 0. The molecular weight excluding hydrogens is 258 g/mol. The lowest BCUT2D eigenvalue weighted by Gasteiger charge is -2.04. The molecule has 0 saturated heterocycles. The van der Waals surface area contributed by atoms with Crippen molar-refractivity contribution in [2.45, 2.75) is 6.43 Å². The van der Waals surface area contributed by atoms with E-state index in [1.807, 2.05) is 0 Å². The van der Waals surface area contributed by atoms with Crippen LogP contribution in [0.3, 0.4) is 0 Å². The van der Waals surface area contributed by atoms with Crippen molar-refractivity contribution in [1.29, 1.82) is 0 Å². The predicted molar refractivity (Wildman–Crippen MR) is 49.4 cm³/mol. The molecule has 0 amide bonds. The van der Waals surface area contributed by atoms with Crippen LogP contribution in [-0.2, 0) is 0 Å². The van der Waals surface area contributed by atoms with Crippen molar-refractivity contribution in [2.75, 3.05) is 0 Å². The first kappa shape index (κ1) is 11.6. The molecule has 0 N–H and O–H groups in total. The molecule has 14 heavy (non-hydrogen) atoms. The molecule has 76 valence electrons. The smallest absolute Gasteiger partial charge is 0.275 e. The fourth-order valence-corrected chi connectivity index (χ4v) is 1.43. The van der Waals surface area contributed by atoms with Gasteiger partial charge in [0.25, 0.3) is 11.7 Å². The van der Waals surface area contributed by atoms with E-state index in [0.717, 1.165) is 6.07 Å². The highest BCUT2D eigenvalue weighted by Gasteiger charge is 2.19. The third kappa shape index (κ3) is 2.32. The number of nitrogens with zero attached hydrogens (tertiary/aromatic N) is 1. The zero-order valence-corrected chi connectivity index (χ0v) is 8.67.